The van der Waals surface area contributed by atoms with Gasteiger partial charge >= 0.3 is 18.4 Å². The Morgan fingerprint density at radius 3 is 2.33 bits per heavy atom. The van der Waals surface area contributed by atoms with Crippen molar-refractivity contribution in [1.82, 2.24) is 24.7 Å². The highest BCUT2D eigenvalue weighted by atomic mass is 28.4. The summed E-state index contributed by atoms with van der Waals surface area (Å²) in [5, 5.41) is 14.0. The second-order valence-corrected chi connectivity index (χ2v) is 16.9. The van der Waals surface area contributed by atoms with E-state index in [2.05, 4.69) is 47.4 Å². The molecule has 12 nitrogen and oxygen atoms in total. The quantitative estimate of drug-likeness (QED) is 0.205. The molecule has 0 fully saturated rings. The van der Waals surface area contributed by atoms with E-state index < -0.39 is 61.5 Å². The molecule has 16 heteroatoms. The molecule has 3 heterocycles. The highest BCUT2D eigenvalue weighted by Crippen LogP contribution is 2.39. The Hall–Kier alpha value is -4.05. The van der Waals surface area contributed by atoms with Crippen LogP contribution in [0.1, 0.15) is 47.1 Å². The Kier molecular flexibility index (Phi) is 9.27. The fourth-order valence-corrected chi connectivity index (χ4v) is 4.80. The van der Waals surface area contributed by atoms with Gasteiger partial charge in [0.15, 0.2) is 19.8 Å². The third-order valence-electron chi connectivity index (χ3n) is 6.59. The molecule has 0 bridgehead atoms. The van der Waals surface area contributed by atoms with Gasteiger partial charge < -0.3 is 19.0 Å². The van der Waals surface area contributed by atoms with Crippen LogP contribution in [-0.4, -0.2) is 62.0 Å². The van der Waals surface area contributed by atoms with Gasteiger partial charge in [-0.2, -0.15) is 18.1 Å². The van der Waals surface area contributed by atoms with Crippen molar-refractivity contribution in [3.05, 3.63) is 42.9 Å². The third-order valence-corrected chi connectivity index (χ3v) is 11.1. The minimum Gasteiger partial charge on any atom is -0.464 e. The number of pyridine rings is 1. The van der Waals surface area contributed by atoms with Crippen LogP contribution in [0.3, 0.4) is 0 Å². The number of nitrogens with zero attached hydrogens (tertiary/aromatic N) is 6. The van der Waals surface area contributed by atoms with Crippen LogP contribution in [0.4, 0.5) is 28.6 Å². The number of imide groups is 1. The van der Waals surface area contributed by atoms with Crippen molar-refractivity contribution < 1.29 is 41.8 Å². The molecular formula is C27H35F3N6O6Si. The highest BCUT2D eigenvalue weighted by molar-refractivity contribution is 6.74. The molecule has 2 amide bonds. The Balaban J connectivity index is 2.22. The van der Waals surface area contributed by atoms with Crippen LogP contribution in [0.5, 0.6) is 11.8 Å². The van der Waals surface area contributed by atoms with E-state index in [1.807, 2.05) is 13.1 Å². The lowest BCUT2D eigenvalue weighted by molar-refractivity contribution is -0.137. The maximum atomic E-state index is 13.4. The number of carbonyl (C=O) groups excluding carboxylic acids is 1. The molecule has 3 rings (SSSR count). The van der Waals surface area contributed by atoms with E-state index in [0.29, 0.717) is 6.07 Å². The normalized spacial score (nSPS) is 13.5. The number of amides is 2. The first-order valence-corrected chi connectivity index (χ1v) is 16.0. The average Bonchev–Trinajstić information content (AvgIpc) is 3.18. The van der Waals surface area contributed by atoms with Gasteiger partial charge in [0.25, 0.3) is 5.88 Å². The van der Waals surface area contributed by atoms with E-state index in [0.717, 1.165) is 18.6 Å². The van der Waals surface area contributed by atoms with E-state index in [1.54, 1.807) is 26.8 Å². The summed E-state index contributed by atoms with van der Waals surface area (Å²) in [7, 11) is -2.31. The molecule has 43 heavy (non-hydrogen) atoms. The Morgan fingerprint density at radius 1 is 1.14 bits per heavy atom. The second kappa shape index (κ2) is 11.9. The first kappa shape index (κ1) is 33.4. The smallest absolute Gasteiger partial charge is 0.425 e. The zero-order valence-electron chi connectivity index (χ0n) is 25.2. The van der Waals surface area contributed by atoms with E-state index in [4.69, 9.17) is 13.9 Å². The number of hydrogen-bond donors (Lipinski definition) is 1. The monoisotopic (exact) mass is 624 g/mol. The Morgan fingerprint density at radius 2 is 1.79 bits per heavy atom. The lowest BCUT2D eigenvalue weighted by Crippen LogP contribution is -2.44. The highest BCUT2D eigenvalue weighted by Gasteiger charge is 2.39. The van der Waals surface area contributed by atoms with Crippen LogP contribution in [0.2, 0.25) is 18.1 Å². The summed E-state index contributed by atoms with van der Waals surface area (Å²) in [6, 6.07) is 1.42. The van der Waals surface area contributed by atoms with E-state index in [9.17, 15) is 27.9 Å². The summed E-state index contributed by atoms with van der Waals surface area (Å²) in [6.45, 7) is 18.8. The molecule has 1 unspecified atom stereocenters. The van der Waals surface area contributed by atoms with E-state index in [1.165, 1.54) is 4.68 Å². The lowest BCUT2D eigenvalue weighted by Gasteiger charge is -2.38. The van der Waals surface area contributed by atoms with Gasteiger partial charge in [-0.15, -0.1) is 11.7 Å². The number of carboxylic acid groups (broad SMARTS) is 1. The predicted molar refractivity (Wildman–Crippen MR) is 154 cm³/mol. The molecule has 0 spiro atoms. The zero-order valence-corrected chi connectivity index (χ0v) is 26.2. The number of rotatable bonds is 8. The molecule has 0 aliphatic rings. The third kappa shape index (κ3) is 7.87. The van der Waals surface area contributed by atoms with Crippen molar-refractivity contribution in [2.24, 2.45) is 0 Å². The maximum Gasteiger partial charge on any atom is 0.425 e. The summed E-state index contributed by atoms with van der Waals surface area (Å²) in [5.74, 6) is -1.38. The molecule has 0 aliphatic heterocycles. The molecule has 3 aromatic rings. The van der Waals surface area contributed by atoms with Crippen molar-refractivity contribution >= 4 is 37.4 Å². The molecule has 234 valence electrons. The van der Waals surface area contributed by atoms with Crippen molar-refractivity contribution in [2.75, 3.05) is 4.90 Å². The van der Waals surface area contributed by atoms with Crippen LogP contribution in [-0.2, 0) is 21.9 Å². The molecule has 1 atom stereocenters. The van der Waals surface area contributed by atoms with E-state index in [-0.39, 0.29) is 27.5 Å². The molecular weight excluding hydrogens is 589 g/mol. The minimum absolute atomic E-state index is 0.00691. The molecule has 3 aromatic heterocycles. The van der Waals surface area contributed by atoms with Gasteiger partial charge in [-0.25, -0.2) is 29.2 Å². The molecule has 0 aromatic carbocycles. The summed E-state index contributed by atoms with van der Waals surface area (Å²) in [6.07, 6.45) is -4.80. The maximum absolute atomic E-state index is 13.4. The van der Waals surface area contributed by atoms with Gasteiger partial charge in [0.1, 0.15) is 17.3 Å². The largest absolute Gasteiger partial charge is 0.464 e. The molecule has 1 N–H and O–H groups in total. The van der Waals surface area contributed by atoms with Crippen molar-refractivity contribution in [2.45, 2.75) is 84.1 Å². The van der Waals surface area contributed by atoms with Crippen LogP contribution in [0.25, 0.3) is 11.0 Å². The van der Waals surface area contributed by atoms with Crippen molar-refractivity contribution in [3.8, 4) is 11.8 Å². The topological polar surface area (TPSA) is 142 Å². The molecule has 0 radical (unpaired) electrons. The fourth-order valence-electron chi connectivity index (χ4n) is 3.52. The van der Waals surface area contributed by atoms with Gasteiger partial charge in [-0.05, 0) is 45.0 Å². The standard InChI is InChI=1S/C27H35F3N6O6Si/c1-10-17(42-43(8,9)26(5,6)7)14-35-20-19(22(34-35)40-18-13-16(11-12-31-18)27(28,29)30)21(33-15-32-20)36(23(37)38)24(39)41-25(2,3)4/h10-13,15,17H,1,14H2,2-9H3,(H,37,38). The summed E-state index contributed by atoms with van der Waals surface area (Å²) in [5.41, 5.74) is -2.10. The van der Waals surface area contributed by atoms with Crippen molar-refractivity contribution in [1.29, 1.82) is 0 Å². The SMILES string of the molecule is C=CC(Cn1nc(Oc2cc(C(F)(F)F)ccn2)c2c(N(C(=O)O)C(=O)OC(C)(C)C)ncnc21)O[Si](C)(C)C(C)(C)C. The predicted octanol–water partition coefficient (Wildman–Crippen LogP) is 7.03. The Bertz CT molecular complexity index is 1510. The summed E-state index contributed by atoms with van der Waals surface area (Å²) in [4.78, 5) is 37.6. The number of hydrogen-bond acceptors (Lipinski definition) is 9. The summed E-state index contributed by atoms with van der Waals surface area (Å²) < 4.78 is 58.9. The number of halogens is 3. The van der Waals surface area contributed by atoms with Gasteiger partial charge in [0.05, 0.1) is 18.2 Å². The zero-order chi connectivity index (χ0) is 32.5. The van der Waals surface area contributed by atoms with E-state index >= 15 is 0 Å². The van der Waals surface area contributed by atoms with Crippen LogP contribution >= 0.6 is 0 Å². The summed E-state index contributed by atoms with van der Waals surface area (Å²) >= 11 is 0. The molecule has 0 aliphatic carbocycles. The van der Waals surface area contributed by atoms with Crippen LogP contribution in [0.15, 0.2) is 37.3 Å². The molecule has 0 saturated carbocycles. The number of carbonyl (C=O) groups is 2. The Labute approximate surface area is 247 Å². The molecule has 0 saturated heterocycles. The lowest BCUT2D eigenvalue weighted by atomic mass is 10.2. The minimum atomic E-state index is -4.69. The number of ether oxygens (including phenoxy) is 2. The van der Waals surface area contributed by atoms with Gasteiger partial charge in [0, 0.05) is 12.3 Å². The number of anilines is 1. The van der Waals surface area contributed by atoms with Crippen LogP contribution < -0.4 is 9.64 Å². The van der Waals surface area contributed by atoms with Gasteiger partial charge in [-0.3, -0.25) is 0 Å². The van der Waals surface area contributed by atoms with Gasteiger partial charge in [0.2, 0.25) is 5.88 Å². The fraction of sp³-hybridized carbons (Fsp3) is 0.481. The average molecular weight is 625 g/mol. The number of fused-ring (bicyclic) bond motifs is 1. The number of alkyl halides is 3. The van der Waals surface area contributed by atoms with Crippen molar-refractivity contribution in [3.63, 3.8) is 0 Å². The first-order valence-electron chi connectivity index (χ1n) is 13.1. The van der Waals surface area contributed by atoms with Gasteiger partial charge in [-0.1, -0.05) is 26.8 Å². The number of aromatic nitrogens is 5. The van der Waals surface area contributed by atoms with Crippen LogP contribution in [0, 0.1) is 0 Å². The first-order chi connectivity index (χ1) is 19.6. The second-order valence-electron chi connectivity index (χ2n) is 12.1.